The molecule has 4 nitrogen and oxygen atoms in total. The van der Waals surface area contributed by atoms with Gasteiger partial charge in [0.25, 0.3) is 0 Å². The summed E-state index contributed by atoms with van der Waals surface area (Å²) in [6.07, 6.45) is -0.325. The van der Waals surface area contributed by atoms with Crippen LogP contribution in [-0.2, 0) is 14.3 Å². The molecule has 0 spiro atoms. The van der Waals surface area contributed by atoms with Gasteiger partial charge in [0.1, 0.15) is 6.10 Å². The summed E-state index contributed by atoms with van der Waals surface area (Å²) in [5.74, 6) is -1.92. The van der Waals surface area contributed by atoms with Crippen molar-refractivity contribution in [2.45, 2.75) is 76.3 Å². The van der Waals surface area contributed by atoms with Crippen molar-refractivity contribution in [3.63, 3.8) is 0 Å². The molecule has 1 N–H and O–H groups in total. The fourth-order valence-electron chi connectivity index (χ4n) is 3.26. The van der Waals surface area contributed by atoms with Crippen LogP contribution in [0.5, 0.6) is 0 Å². The average Bonchev–Trinajstić information content (AvgIpc) is 2.53. The summed E-state index contributed by atoms with van der Waals surface area (Å²) in [6.45, 7) is 2.58. The van der Waals surface area contributed by atoms with E-state index >= 15 is 0 Å². The maximum absolute atomic E-state index is 13.0. The predicted molar refractivity (Wildman–Crippen MR) is 78.9 cm³/mol. The lowest BCUT2D eigenvalue weighted by Gasteiger charge is -2.34. The summed E-state index contributed by atoms with van der Waals surface area (Å²) in [5, 5.41) is 2.54. The number of carbonyl (C=O) groups is 1. The summed E-state index contributed by atoms with van der Waals surface area (Å²) in [5.41, 5.74) is 0. The molecule has 23 heavy (non-hydrogen) atoms. The van der Waals surface area contributed by atoms with E-state index in [2.05, 4.69) is 5.32 Å². The van der Waals surface area contributed by atoms with E-state index in [1.54, 1.807) is 6.92 Å². The molecule has 2 aliphatic rings. The van der Waals surface area contributed by atoms with E-state index in [0.29, 0.717) is 32.5 Å². The first-order valence-electron chi connectivity index (χ1n) is 8.48. The molecule has 2 fully saturated rings. The Kier molecular flexibility index (Phi) is 6.71. The van der Waals surface area contributed by atoms with Crippen molar-refractivity contribution in [2.24, 2.45) is 5.92 Å². The number of halogens is 3. The van der Waals surface area contributed by atoms with Crippen LogP contribution < -0.4 is 5.32 Å². The Labute approximate surface area is 135 Å². The highest BCUT2D eigenvalue weighted by Crippen LogP contribution is 2.37. The van der Waals surface area contributed by atoms with E-state index < -0.39 is 30.1 Å². The molecule has 0 aromatic heterocycles. The Morgan fingerprint density at radius 3 is 2.57 bits per heavy atom. The van der Waals surface area contributed by atoms with Crippen molar-refractivity contribution in [1.82, 2.24) is 5.32 Å². The van der Waals surface area contributed by atoms with Gasteiger partial charge in [-0.05, 0) is 39.0 Å². The smallest absolute Gasteiger partial charge is 0.376 e. The monoisotopic (exact) mass is 337 g/mol. The van der Waals surface area contributed by atoms with Gasteiger partial charge < -0.3 is 14.8 Å². The Hall–Kier alpha value is -0.820. The molecule has 7 heteroatoms. The summed E-state index contributed by atoms with van der Waals surface area (Å²) in [6, 6.07) is -0.840. The molecule has 0 aromatic rings. The molecule has 1 heterocycles. The minimum atomic E-state index is -4.27. The first-order valence-corrected chi connectivity index (χ1v) is 8.48. The summed E-state index contributed by atoms with van der Waals surface area (Å²) in [4.78, 5) is 12.1. The first-order chi connectivity index (χ1) is 10.9. The van der Waals surface area contributed by atoms with Crippen molar-refractivity contribution in [1.29, 1.82) is 0 Å². The van der Waals surface area contributed by atoms with Gasteiger partial charge in [0.15, 0.2) is 0 Å². The molecular weight excluding hydrogens is 311 g/mol. The molecular formula is C16H26F3NO3. The molecule has 1 aliphatic heterocycles. The fraction of sp³-hybridized carbons (Fsp3) is 0.938. The highest BCUT2D eigenvalue weighted by Gasteiger charge is 2.46. The molecule has 1 aliphatic carbocycles. The van der Waals surface area contributed by atoms with E-state index in [0.717, 1.165) is 19.3 Å². The predicted octanol–water partition coefficient (Wildman–Crippen LogP) is 3.20. The Bertz CT molecular complexity index is 383. The van der Waals surface area contributed by atoms with Crippen molar-refractivity contribution in [3.05, 3.63) is 0 Å². The van der Waals surface area contributed by atoms with Crippen LogP contribution in [0.1, 0.15) is 51.9 Å². The van der Waals surface area contributed by atoms with Gasteiger partial charge in [0, 0.05) is 12.6 Å². The second kappa shape index (κ2) is 8.33. The van der Waals surface area contributed by atoms with Crippen molar-refractivity contribution < 1.29 is 27.4 Å². The molecule has 4 atom stereocenters. The van der Waals surface area contributed by atoms with Gasteiger partial charge in [0.05, 0.1) is 18.6 Å². The minimum absolute atomic E-state index is 0.0170. The summed E-state index contributed by atoms with van der Waals surface area (Å²) >= 11 is 0. The number of rotatable bonds is 5. The molecule has 1 saturated carbocycles. The standard InChI is InChI=1S/C16H26F3NO3/c1-11(23-10-12-6-4-5-9-22-12)15(21)20-14-8-3-2-7-13(14)16(17,18)19/h11-14H,2-10H2,1H3,(H,20,21). The molecule has 2 rings (SSSR count). The zero-order chi connectivity index (χ0) is 16.9. The fourth-order valence-corrected chi connectivity index (χ4v) is 3.26. The van der Waals surface area contributed by atoms with Gasteiger partial charge in [-0.15, -0.1) is 0 Å². The number of amides is 1. The van der Waals surface area contributed by atoms with Gasteiger partial charge in [-0.3, -0.25) is 4.79 Å². The van der Waals surface area contributed by atoms with Crippen LogP contribution in [0.25, 0.3) is 0 Å². The highest BCUT2D eigenvalue weighted by atomic mass is 19.4. The second-order valence-corrected chi connectivity index (χ2v) is 6.51. The highest BCUT2D eigenvalue weighted by molar-refractivity contribution is 5.80. The Morgan fingerprint density at radius 1 is 1.22 bits per heavy atom. The van der Waals surface area contributed by atoms with Crippen LogP contribution in [0.15, 0.2) is 0 Å². The molecule has 134 valence electrons. The second-order valence-electron chi connectivity index (χ2n) is 6.51. The van der Waals surface area contributed by atoms with Gasteiger partial charge in [-0.2, -0.15) is 13.2 Å². The third-order valence-electron chi connectivity index (χ3n) is 4.69. The van der Waals surface area contributed by atoms with Gasteiger partial charge in [0.2, 0.25) is 5.91 Å². The third kappa shape index (κ3) is 5.64. The summed E-state index contributed by atoms with van der Waals surface area (Å²) < 4.78 is 50.1. The molecule has 0 bridgehead atoms. The first kappa shape index (κ1) is 18.5. The SMILES string of the molecule is CC(OCC1CCCCO1)C(=O)NC1CCCCC1C(F)(F)F. The van der Waals surface area contributed by atoms with Crippen LogP contribution in [-0.4, -0.2) is 43.5 Å². The van der Waals surface area contributed by atoms with Crippen LogP contribution in [0, 0.1) is 5.92 Å². The van der Waals surface area contributed by atoms with Crippen LogP contribution in [0.2, 0.25) is 0 Å². The topological polar surface area (TPSA) is 47.6 Å². The Morgan fingerprint density at radius 2 is 1.91 bits per heavy atom. The number of carbonyl (C=O) groups excluding carboxylic acids is 1. The number of nitrogens with one attached hydrogen (secondary N) is 1. The lowest BCUT2D eigenvalue weighted by Crippen LogP contribution is -2.50. The molecule has 1 saturated heterocycles. The lowest BCUT2D eigenvalue weighted by molar-refractivity contribution is -0.189. The molecule has 4 unspecified atom stereocenters. The lowest BCUT2D eigenvalue weighted by atomic mass is 9.84. The number of ether oxygens (including phenoxy) is 2. The third-order valence-corrected chi connectivity index (χ3v) is 4.69. The van der Waals surface area contributed by atoms with E-state index in [1.165, 1.54) is 0 Å². The number of hydrogen-bond acceptors (Lipinski definition) is 3. The van der Waals surface area contributed by atoms with Crippen molar-refractivity contribution >= 4 is 5.91 Å². The number of alkyl halides is 3. The van der Waals surface area contributed by atoms with Crippen LogP contribution >= 0.6 is 0 Å². The molecule has 0 radical (unpaired) electrons. The van der Waals surface area contributed by atoms with Gasteiger partial charge >= 0.3 is 6.18 Å². The van der Waals surface area contributed by atoms with E-state index in [-0.39, 0.29) is 12.5 Å². The van der Waals surface area contributed by atoms with E-state index in [9.17, 15) is 18.0 Å². The average molecular weight is 337 g/mol. The van der Waals surface area contributed by atoms with Gasteiger partial charge in [-0.25, -0.2) is 0 Å². The van der Waals surface area contributed by atoms with Crippen LogP contribution in [0.4, 0.5) is 13.2 Å². The normalized spacial score (nSPS) is 30.7. The zero-order valence-corrected chi connectivity index (χ0v) is 13.5. The maximum atomic E-state index is 13.0. The number of hydrogen-bond donors (Lipinski definition) is 1. The summed E-state index contributed by atoms with van der Waals surface area (Å²) in [7, 11) is 0. The van der Waals surface area contributed by atoms with Crippen LogP contribution in [0.3, 0.4) is 0 Å². The minimum Gasteiger partial charge on any atom is -0.376 e. The zero-order valence-electron chi connectivity index (χ0n) is 13.5. The van der Waals surface area contributed by atoms with Crippen molar-refractivity contribution in [2.75, 3.05) is 13.2 Å². The molecule has 1 amide bonds. The largest absolute Gasteiger partial charge is 0.393 e. The maximum Gasteiger partial charge on any atom is 0.393 e. The van der Waals surface area contributed by atoms with Gasteiger partial charge in [-0.1, -0.05) is 12.8 Å². The Balaban J connectivity index is 1.79. The van der Waals surface area contributed by atoms with Crippen molar-refractivity contribution in [3.8, 4) is 0 Å². The van der Waals surface area contributed by atoms with E-state index in [4.69, 9.17) is 9.47 Å². The molecule has 0 aromatic carbocycles. The van der Waals surface area contributed by atoms with E-state index in [1.807, 2.05) is 0 Å². The quantitative estimate of drug-likeness (QED) is 0.838.